The van der Waals surface area contributed by atoms with Gasteiger partial charge in [-0.05, 0) is 30.2 Å². The number of amides is 1. The predicted molar refractivity (Wildman–Crippen MR) is 108 cm³/mol. The van der Waals surface area contributed by atoms with Crippen LogP contribution in [-0.4, -0.2) is 20.9 Å². The molecule has 4 rings (SSSR count). The van der Waals surface area contributed by atoms with Gasteiger partial charge in [0, 0.05) is 0 Å². The molecule has 0 bridgehead atoms. The van der Waals surface area contributed by atoms with Crippen molar-refractivity contribution in [2.24, 2.45) is 0 Å². The van der Waals surface area contributed by atoms with Crippen LogP contribution < -0.4 is 5.32 Å². The van der Waals surface area contributed by atoms with E-state index in [-0.39, 0.29) is 11.9 Å². The number of benzene rings is 3. The van der Waals surface area contributed by atoms with Gasteiger partial charge in [-0.3, -0.25) is 4.79 Å². The van der Waals surface area contributed by atoms with Crippen molar-refractivity contribution < 1.29 is 4.79 Å². The highest BCUT2D eigenvalue weighted by Crippen LogP contribution is 2.22. The molecule has 28 heavy (non-hydrogen) atoms. The summed E-state index contributed by atoms with van der Waals surface area (Å²) in [6.45, 7) is 1.79. The van der Waals surface area contributed by atoms with Crippen LogP contribution in [0.5, 0.6) is 0 Å². The molecular weight excluding hydrogens is 348 g/mol. The minimum absolute atomic E-state index is 0.252. The van der Waals surface area contributed by atoms with Crippen molar-refractivity contribution in [3.63, 3.8) is 0 Å². The van der Waals surface area contributed by atoms with Crippen molar-refractivity contribution in [1.82, 2.24) is 20.3 Å². The number of hydrogen-bond acceptors (Lipinski definition) is 3. The van der Waals surface area contributed by atoms with Crippen molar-refractivity contribution in [2.45, 2.75) is 13.0 Å². The normalized spacial score (nSPS) is 10.8. The zero-order valence-corrected chi connectivity index (χ0v) is 15.5. The van der Waals surface area contributed by atoms with Gasteiger partial charge in [0.25, 0.3) is 5.91 Å². The average molecular weight is 368 g/mol. The maximum absolute atomic E-state index is 13.0. The van der Waals surface area contributed by atoms with E-state index in [4.69, 9.17) is 0 Å². The molecule has 3 aromatic carbocycles. The van der Waals surface area contributed by atoms with Crippen molar-refractivity contribution in [1.29, 1.82) is 0 Å². The van der Waals surface area contributed by atoms with E-state index in [9.17, 15) is 4.79 Å². The van der Waals surface area contributed by atoms with Crippen molar-refractivity contribution in [3.8, 4) is 5.69 Å². The minimum Gasteiger partial charge on any atom is -0.340 e. The van der Waals surface area contributed by atoms with Gasteiger partial charge in [-0.2, -0.15) is 9.90 Å². The Hall–Kier alpha value is -3.73. The number of hydrogen-bond donors (Lipinski definition) is 1. The Labute approximate surface area is 163 Å². The third-order valence-electron chi connectivity index (χ3n) is 4.53. The molecule has 1 aromatic heterocycles. The molecule has 1 N–H and O–H groups in total. The Morgan fingerprint density at radius 2 is 1.29 bits per heavy atom. The Morgan fingerprint density at radius 3 is 1.82 bits per heavy atom. The summed E-state index contributed by atoms with van der Waals surface area (Å²) < 4.78 is 0. The molecule has 0 saturated carbocycles. The van der Waals surface area contributed by atoms with Crippen LogP contribution in [0.15, 0.2) is 91.0 Å². The van der Waals surface area contributed by atoms with Crippen molar-refractivity contribution >= 4 is 5.91 Å². The van der Waals surface area contributed by atoms with Crippen LogP contribution in [0.3, 0.4) is 0 Å². The number of nitrogens with zero attached hydrogens (tertiary/aromatic N) is 3. The Bertz CT molecular complexity index is 1020. The molecule has 1 heterocycles. The average Bonchev–Trinajstić information content (AvgIpc) is 3.15. The minimum atomic E-state index is -0.267. The lowest BCUT2D eigenvalue weighted by molar-refractivity contribution is 0.0937. The second-order valence-electron chi connectivity index (χ2n) is 6.49. The molecule has 1 amide bonds. The zero-order valence-electron chi connectivity index (χ0n) is 15.5. The van der Waals surface area contributed by atoms with Crippen LogP contribution in [0.1, 0.15) is 33.4 Å². The molecule has 0 radical (unpaired) electrons. The van der Waals surface area contributed by atoms with Gasteiger partial charge in [0.1, 0.15) is 0 Å². The number of carbonyl (C=O) groups excluding carboxylic acids is 1. The fraction of sp³-hybridized carbons (Fsp3) is 0.0870. The van der Waals surface area contributed by atoms with E-state index in [1.165, 1.54) is 4.80 Å². The number of carbonyl (C=O) groups is 1. The van der Waals surface area contributed by atoms with Gasteiger partial charge in [0.2, 0.25) is 0 Å². The van der Waals surface area contributed by atoms with Crippen LogP contribution in [-0.2, 0) is 0 Å². The van der Waals surface area contributed by atoms with E-state index < -0.39 is 0 Å². The van der Waals surface area contributed by atoms with Gasteiger partial charge in [-0.25, -0.2) is 0 Å². The Kier molecular flexibility index (Phi) is 4.97. The first-order valence-electron chi connectivity index (χ1n) is 9.12. The third-order valence-corrected chi connectivity index (χ3v) is 4.53. The molecule has 0 unspecified atom stereocenters. The summed E-state index contributed by atoms with van der Waals surface area (Å²) in [5.41, 5.74) is 3.74. The molecule has 0 saturated heterocycles. The topological polar surface area (TPSA) is 59.8 Å². The fourth-order valence-electron chi connectivity index (χ4n) is 3.11. The summed E-state index contributed by atoms with van der Waals surface area (Å²) in [5.74, 6) is -0.252. The summed E-state index contributed by atoms with van der Waals surface area (Å²) >= 11 is 0. The van der Waals surface area contributed by atoms with Gasteiger partial charge >= 0.3 is 0 Å². The van der Waals surface area contributed by atoms with Gasteiger partial charge in [-0.1, -0.05) is 78.9 Å². The molecule has 4 aromatic rings. The predicted octanol–water partition coefficient (Wildman–Crippen LogP) is 4.10. The number of para-hydroxylation sites is 1. The lowest BCUT2D eigenvalue weighted by atomic mass is 9.98. The molecule has 0 spiro atoms. The Morgan fingerprint density at radius 1 is 0.786 bits per heavy atom. The summed E-state index contributed by atoms with van der Waals surface area (Å²) in [6, 6.07) is 29.1. The van der Waals surface area contributed by atoms with E-state index in [1.807, 2.05) is 91.0 Å². The first-order valence-corrected chi connectivity index (χ1v) is 9.12. The monoisotopic (exact) mass is 368 g/mol. The third kappa shape index (κ3) is 3.69. The second kappa shape index (κ2) is 7.88. The summed E-state index contributed by atoms with van der Waals surface area (Å²) in [6.07, 6.45) is 0. The lowest BCUT2D eigenvalue weighted by Crippen LogP contribution is -2.30. The molecule has 0 atom stereocenters. The lowest BCUT2D eigenvalue weighted by Gasteiger charge is -2.19. The Balaban J connectivity index is 1.65. The van der Waals surface area contributed by atoms with Crippen LogP contribution in [0.25, 0.3) is 5.69 Å². The molecule has 0 aliphatic rings. The summed E-state index contributed by atoms with van der Waals surface area (Å²) in [5, 5.41) is 11.9. The first-order chi connectivity index (χ1) is 13.7. The largest absolute Gasteiger partial charge is 0.340 e. The number of rotatable bonds is 5. The molecular formula is C23H20N4O. The van der Waals surface area contributed by atoms with E-state index >= 15 is 0 Å². The van der Waals surface area contributed by atoms with Gasteiger partial charge in [0.05, 0.1) is 17.4 Å². The maximum Gasteiger partial charge on any atom is 0.274 e. The molecule has 0 aliphatic heterocycles. The smallest absolute Gasteiger partial charge is 0.274 e. The number of nitrogens with one attached hydrogen (secondary N) is 1. The van der Waals surface area contributed by atoms with Crippen LogP contribution in [0, 0.1) is 6.92 Å². The summed E-state index contributed by atoms with van der Waals surface area (Å²) in [4.78, 5) is 14.5. The highest BCUT2D eigenvalue weighted by Gasteiger charge is 2.22. The molecule has 0 aliphatic carbocycles. The molecule has 5 heteroatoms. The van der Waals surface area contributed by atoms with Crippen LogP contribution >= 0.6 is 0 Å². The molecule has 138 valence electrons. The van der Waals surface area contributed by atoms with Crippen LogP contribution in [0.4, 0.5) is 0 Å². The van der Waals surface area contributed by atoms with Crippen LogP contribution in [0.2, 0.25) is 0 Å². The van der Waals surface area contributed by atoms with E-state index in [2.05, 4.69) is 15.5 Å². The van der Waals surface area contributed by atoms with Gasteiger partial charge < -0.3 is 5.32 Å². The summed E-state index contributed by atoms with van der Waals surface area (Å²) in [7, 11) is 0. The molecule has 0 fully saturated rings. The number of aryl methyl sites for hydroxylation is 1. The maximum atomic E-state index is 13.0. The van der Waals surface area contributed by atoms with Crippen molar-refractivity contribution in [2.75, 3.05) is 0 Å². The van der Waals surface area contributed by atoms with Crippen molar-refractivity contribution in [3.05, 3.63) is 114 Å². The number of aromatic nitrogens is 3. The van der Waals surface area contributed by atoms with E-state index in [1.54, 1.807) is 6.92 Å². The highest BCUT2D eigenvalue weighted by atomic mass is 16.2. The SMILES string of the molecule is Cc1nn(-c2ccccc2)nc1C(=O)NC(c1ccccc1)c1ccccc1. The standard InChI is InChI=1S/C23H20N4O/c1-17-21(26-27(25-17)20-15-9-4-10-16-20)23(28)24-22(18-11-5-2-6-12-18)19-13-7-3-8-14-19/h2-16,22H,1H3,(H,24,28). The fourth-order valence-corrected chi connectivity index (χ4v) is 3.11. The second-order valence-corrected chi connectivity index (χ2v) is 6.49. The quantitative estimate of drug-likeness (QED) is 0.577. The first kappa shape index (κ1) is 17.7. The van der Waals surface area contributed by atoms with Gasteiger partial charge in [0.15, 0.2) is 5.69 Å². The van der Waals surface area contributed by atoms with Gasteiger partial charge in [-0.15, -0.1) is 5.10 Å². The highest BCUT2D eigenvalue weighted by molar-refractivity contribution is 5.93. The zero-order chi connectivity index (χ0) is 19.3. The van der Waals surface area contributed by atoms with E-state index in [0.29, 0.717) is 11.4 Å². The van der Waals surface area contributed by atoms with E-state index in [0.717, 1.165) is 16.8 Å². The molecule has 5 nitrogen and oxygen atoms in total.